The highest BCUT2D eigenvalue weighted by Gasteiger charge is 2.28. The molecule has 7 heteroatoms. The highest BCUT2D eigenvalue weighted by Crippen LogP contribution is 2.15. The summed E-state index contributed by atoms with van der Waals surface area (Å²) in [6, 6.07) is 2.07. The highest BCUT2D eigenvalue weighted by atomic mass is 32.2. The van der Waals surface area contributed by atoms with E-state index in [1.807, 2.05) is 0 Å². The maximum atomic E-state index is 13.1. The third kappa shape index (κ3) is 3.74. The molecular weight excluding hydrogens is 273 g/mol. The molecule has 19 heavy (non-hydrogen) atoms. The Labute approximate surface area is 111 Å². The van der Waals surface area contributed by atoms with Gasteiger partial charge in [0.15, 0.2) is 0 Å². The van der Waals surface area contributed by atoms with Crippen LogP contribution in [0, 0.1) is 18.7 Å². The predicted molar refractivity (Wildman–Crippen MR) is 67.7 cm³/mol. The van der Waals surface area contributed by atoms with Crippen molar-refractivity contribution in [2.75, 3.05) is 0 Å². The molecule has 0 fully saturated rings. The van der Waals surface area contributed by atoms with Crippen LogP contribution in [0.5, 0.6) is 0 Å². The van der Waals surface area contributed by atoms with Crippen LogP contribution in [0.1, 0.15) is 19.4 Å². The van der Waals surface area contributed by atoms with Crippen LogP contribution in [0.3, 0.4) is 0 Å². The van der Waals surface area contributed by atoms with E-state index in [-0.39, 0.29) is 10.5 Å². The highest BCUT2D eigenvalue weighted by molar-refractivity contribution is 7.89. The summed E-state index contributed by atoms with van der Waals surface area (Å²) in [6.45, 7) is 4.62. The second-order valence-corrected chi connectivity index (χ2v) is 6.31. The number of sulfonamides is 1. The minimum Gasteiger partial charge on any atom is -0.480 e. The maximum absolute atomic E-state index is 13.1. The van der Waals surface area contributed by atoms with Gasteiger partial charge in [0.1, 0.15) is 11.9 Å². The maximum Gasteiger partial charge on any atom is 0.322 e. The van der Waals surface area contributed by atoms with E-state index < -0.39 is 33.8 Å². The lowest BCUT2D eigenvalue weighted by Crippen LogP contribution is -2.44. The van der Waals surface area contributed by atoms with E-state index in [0.29, 0.717) is 0 Å². The van der Waals surface area contributed by atoms with Gasteiger partial charge in [-0.1, -0.05) is 13.8 Å². The Bertz CT molecular complexity index is 583. The van der Waals surface area contributed by atoms with Gasteiger partial charge in [0.25, 0.3) is 0 Å². The topological polar surface area (TPSA) is 83.5 Å². The quantitative estimate of drug-likeness (QED) is 0.861. The van der Waals surface area contributed by atoms with E-state index in [2.05, 4.69) is 4.72 Å². The van der Waals surface area contributed by atoms with Crippen molar-refractivity contribution in [3.8, 4) is 0 Å². The number of halogens is 1. The van der Waals surface area contributed by atoms with E-state index in [0.717, 1.165) is 18.2 Å². The van der Waals surface area contributed by atoms with Crippen molar-refractivity contribution >= 4 is 16.0 Å². The fourth-order valence-electron chi connectivity index (χ4n) is 1.49. The van der Waals surface area contributed by atoms with Gasteiger partial charge in [-0.3, -0.25) is 4.79 Å². The molecule has 1 aromatic rings. The zero-order chi connectivity index (χ0) is 14.8. The van der Waals surface area contributed by atoms with Gasteiger partial charge >= 0.3 is 5.97 Å². The van der Waals surface area contributed by atoms with Gasteiger partial charge in [0, 0.05) is 0 Å². The summed E-state index contributed by atoms with van der Waals surface area (Å²) in [5.74, 6) is -2.18. The smallest absolute Gasteiger partial charge is 0.322 e. The van der Waals surface area contributed by atoms with Crippen molar-refractivity contribution in [1.82, 2.24) is 4.72 Å². The van der Waals surface area contributed by atoms with Gasteiger partial charge < -0.3 is 5.11 Å². The monoisotopic (exact) mass is 289 g/mol. The van der Waals surface area contributed by atoms with Crippen LogP contribution in [0.4, 0.5) is 4.39 Å². The summed E-state index contributed by atoms with van der Waals surface area (Å²) in [6.07, 6.45) is 0. The lowest BCUT2D eigenvalue weighted by molar-refractivity contribution is -0.140. The molecule has 5 nitrogen and oxygen atoms in total. The van der Waals surface area contributed by atoms with Crippen LogP contribution in [-0.4, -0.2) is 25.5 Å². The van der Waals surface area contributed by atoms with E-state index in [9.17, 15) is 17.6 Å². The summed E-state index contributed by atoms with van der Waals surface area (Å²) in [5.41, 5.74) is 0.180. The van der Waals surface area contributed by atoms with Gasteiger partial charge in [-0.2, -0.15) is 4.72 Å². The van der Waals surface area contributed by atoms with Crippen LogP contribution in [0.2, 0.25) is 0 Å². The molecule has 0 aliphatic carbocycles. The predicted octanol–water partition coefficient (Wildman–Crippen LogP) is 1.52. The van der Waals surface area contributed by atoms with Gasteiger partial charge in [-0.25, -0.2) is 12.8 Å². The number of carbonyl (C=O) groups is 1. The first-order valence-electron chi connectivity index (χ1n) is 5.66. The molecule has 0 aliphatic rings. The van der Waals surface area contributed by atoms with Crippen LogP contribution in [-0.2, 0) is 14.8 Å². The molecule has 0 aromatic heterocycles. The Morgan fingerprint density at radius 2 is 1.95 bits per heavy atom. The van der Waals surface area contributed by atoms with Crippen molar-refractivity contribution in [2.24, 2.45) is 5.92 Å². The number of hydrogen-bond acceptors (Lipinski definition) is 3. The van der Waals surface area contributed by atoms with E-state index in [1.54, 1.807) is 13.8 Å². The number of nitrogens with one attached hydrogen (secondary N) is 1. The van der Waals surface area contributed by atoms with Crippen molar-refractivity contribution in [1.29, 1.82) is 0 Å². The Hall–Kier alpha value is -1.47. The number of benzene rings is 1. The van der Waals surface area contributed by atoms with Crippen LogP contribution < -0.4 is 4.72 Å². The van der Waals surface area contributed by atoms with Crippen LogP contribution in [0.15, 0.2) is 23.1 Å². The number of carboxylic acid groups (broad SMARTS) is 1. The van der Waals surface area contributed by atoms with E-state index in [1.165, 1.54) is 6.92 Å². The molecule has 0 bridgehead atoms. The minimum atomic E-state index is -3.99. The fourth-order valence-corrected chi connectivity index (χ4v) is 2.91. The normalized spacial score (nSPS) is 13.5. The molecule has 106 valence electrons. The number of rotatable bonds is 5. The van der Waals surface area contributed by atoms with E-state index in [4.69, 9.17) is 5.11 Å². The molecule has 0 saturated carbocycles. The summed E-state index contributed by atoms with van der Waals surface area (Å²) in [7, 11) is -3.99. The zero-order valence-electron chi connectivity index (χ0n) is 10.8. The first-order chi connectivity index (χ1) is 8.65. The Balaban J connectivity index is 3.10. The molecule has 0 amide bonds. The lowest BCUT2D eigenvalue weighted by atomic mass is 10.1. The third-order valence-corrected chi connectivity index (χ3v) is 4.09. The van der Waals surface area contributed by atoms with Crippen molar-refractivity contribution in [3.05, 3.63) is 29.6 Å². The summed E-state index contributed by atoms with van der Waals surface area (Å²) in [5, 5.41) is 8.97. The molecule has 2 N–H and O–H groups in total. The molecule has 0 heterocycles. The molecule has 1 unspecified atom stereocenters. The first-order valence-corrected chi connectivity index (χ1v) is 7.14. The second kappa shape index (κ2) is 5.66. The number of carboxylic acids is 1. The average Bonchev–Trinajstić information content (AvgIpc) is 2.28. The SMILES string of the molecule is Cc1cc(S(=O)(=O)NC(C(=O)O)C(C)C)ccc1F. The van der Waals surface area contributed by atoms with Crippen LogP contribution >= 0.6 is 0 Å². The zero-order valence-corrected chi connectivity index (χ0v) is 11.7. The Morgan fingerprint density at radius 3 is 2.37 bits per heavy atom. The van der Waals surface area contributed by atoms with Gasteiger partial charge in [0.05, 0.1) is 4.90 Å². The molecule has 0 spiro atoms. The lowest BCUT2D eigenvalue weighted by Gasteiger charge is -2.18. The summed E-state index contributed by atoms with van der Waals surface area (Å²) < 4.78 is 39.2. The average molecular weight is 289 g/mol. The Kier molecular flexibility index (Phi) is 4.65. The van der Waals surface area contributed by atoms with Crippen molar-refractivity contribution in [2.45, 2.75) is 31.7 Å². The summed E-state index contributed by atoms with van der Waals surface area (Å²) in [4.78, 5) is 10.8. The van der Waals surface area contributed by atoms with Crippen LogP contribution in [0.25, 0.3) is 0 Å². The second-order valence-electron chi connectivity index (χ2n) is 4.59. The molecule has 1 atom stereocenters. The Morgan fingerprint density at radius 1 is 1.37 bits per heavy atom. The minimum absolute atomic E-state index is 0.154. The molecule has 0 radical (unpaired) electrons. The van der Waals surface area contributed by atoms with Crippen molar-refractivity contribution in [3.63, 3.8) is 0 Å². The molecule has 0 aliphatic heterocycles. The molecule has 0 saturated heterocycles. The summed E-state index contributed by atoms with van der Waals surface area (Å²) >= 11 is 0. The molecule has 1 rings (SSSR count). The number of aliphatic carboxylic acids is 1. The standard InChI is InChI=1S/C12H16FNO4S/c1-7(2)11(12(15)16)14-19(17,18)9-4-5-10(13)8(3)6-9/h4-7,11,14H,1-3H3,(H,15,16). The molecular formula is C12H16FNO4S. The molecule has 1 aromatic carbocycles. The van der Waals surface area contributed by atoms with Gasteiger partial charge in [-0.15, -0.1) is 0 Å². The van der Waals surface area contributed by atoms with E-state index >= 15 is 0 Å². The van der Waals surface area contributed by atoms with Crippen molar-refractivity contribution < 1.29 is 22.7 Å². The largest absolute Gasteiger partial charge is 0.480 e. The fraction of sp³-hybridized carbons (Fsp3) is 0.417. The van der Waals surface area contributed by atoms with Gasteiger partial charge in [-0.05, 0) is 36.6 Å². The first kappa shape index (κ1) is 15.6. The third-order valence-electron chi connectivity index (χ3n) is 2.65. The number of aryl methyl sites for hydroxylation is 1. The van der Waals surface area contributed by atoms with Gasteiger partial charge in [0.2, 0.25) is 10.0 Å². The number of hydrogen-bond donors (Lipinski definition) is 2.